The van der Waals surface area contributed by atoms with Crippen LogP contribution in [0.2, 0.25) is 0 Å². The van der Waals surface area contributed by atoms with E-state index >= 15 is 0 Å². The molecule has 7 heteroatoms. The minimum absolute atomic E-state index is 0.107. The van der Waals surface area contributed by atoms with E-state index in [0.717, 1.165) is 37.7 Å². The van der Waals surface area contributed by atoms with Gasteiger partial charge >= 0.3 is 0 Å². The van der Waals surface area contributed by atoms with E-state index in [1.807, 2.05) is 6.92 Å². The Balaban J connectivity index is 1.62. The summed E-state index contributed by atoms with van der Waals surface area (Å²) in [6.45, 7) is 11.7. The summed E-state index contributed by atoms with van der Waals surface area (Å²) < 4.78 is 5.34. The maximum Gasteiger partial charge on any atom is 0.234 e. The van der Waals surface area contributed by atoms with Gasteiger partial charge in [-0.2, -0.15) is 0 Å². The van der Waals surface area contributed by atoms with Crippen molar-refractivity contribution in [2.45, 2.75) is 26.8 Å². The van der Waals surface area contributed by atoms with E-state index in [-0.39, 0.29) is 11.9 Å². The number of carbonyl (C=O) groups is 1. The summed E-state index contributed by atoms with van der Waals surface area (Å²) in [5.41, 5.74) is 0.935. The molecule has 7 nitrogen and oxygen atoms in total. The molecule has 2 fully saturated rings. The lowest BCUT2D eigenvalue weighted by Gasteiger charge is -2.28. The van der Waals surface area contributed by atoms with Gasteiger partial charge in [-0.3, -0.25) is 14.7 Å². The standard InChI is InChI=1S/C18H29N5O2/c1-13(2)15-10-23(18-14(3)19-4-5-20-18)11-16(15)21-17(24)12-22-6-8-25-9-7-22/h4-5,13,15-16H,6-12H2,1-3H3,(H,21,24). The predicted molar refractivity (Wildman–Crippen MR) is 96.5 cm³/mol. The van der Waals surface area contributed by atoms with Crippen molar-refractivity contribution in [2.24, 2.45) is 11.8 Å². The number of amides is 1. The lowest BCUT2D eigenvalue weighted by Crippen LogP contribution is -2.48. The molecule has 2 aliphatic heterocycles. The number of hydrogen-bond acceptors (Lipinski definition) is 6. The Morgan fingerprint density at radius 1 is 1.28 bits per heavy atom. The van der Waals surface area contributed by atoms with Crippen LogP contribution < -0.4 is 10.2 Å². The summed E-state index contributed by atoms with van der Waals surface area (Å²) in [5.74, 6) is 1.94. The zero-order chi connectivity index (χ0) is 17.8. The smallest absolute Gasteiger partial charge is 0.234 e. The molecule has 2 aliphatic rings. The maximum atomic E-state index is 12.5. The Labute approximate surface area is 149 Å². The molecule has 25 heavy (non-hydrogen) atoms. The summed E-state index contributed by atoms with van der Waals surface area (Å²) in [4.78, 5) is 25.8. The molecule has 2 saturated heterocycles. The third kappa shape index (κ3) is 4.46. The SMILES string of the molecule is Cc1nccnc1N1CC(NC(=O)CN2CCOCC2)C(C(C)C)C1. The quantitative estimate of drug-likeness (QED) is 0.845. The molecule has 1 aromatic heterocycles. The second kappa shape index (κ2) is 8.10. The summed E-state index contributed by atoms with van der Waals surface area (Å²) >= 11 is 0. The van der Waals surface area contributed by atoms with Gasteiger partial charge in [0.15, 0.2) is 0 Å². The van der Waals surface area contributed by atoms with Gasteiger partial charge in [-0.25, -0.2) is 4.98 Å². The van der Waals surface area contributed by atoms with Crippen LogP contribution in [0.3, 0.4) is 0 Å². The Morgan fingerprint density at radius 2 is 2.00 bits per heavy atom. The number of anilines is 1. The number of carbonyl (C=O) groups excluding carboxylic acids is 1. The van der Waals surface area contributed by atoms with Gasteiger partial charge in [0, 0.05) is 44.5 Å². The van der Waals surface area contributed by atoms with Crippen molar-refractivity contribution >= 4 is 11.7 Å². The Morgan fingerprint density at radius 3 is 2.68 bits per heavy atom. The first-order valence-electron chi connectivity index (χ1n) is 9.16. The second-order valence-electron chi connectivity index (χ2n) is 7.34. The van der Waals surface area contributed by atoms with Gasteiger partial charge in [0.2, 0.25) is 5.91 Å². The number of nitrogens with one attached hydrogen (secondary N) is 1. The second-order valence-corrected chi connectivity index (χ2v) is 7.34. The summed E-state index contributed by atoms with van der Waals surface area (Å²) in [5, 5.41) is 3.27. The molecule has 2 atom stereocenters. The van der Waals surface area contributed by atoms with E-state index in [1.165, 1.54) is 0 Å². The van der Waals surface area contributed by atoms with E-state index in [0.29, 0.717) is 31.6 Å². The molecule has 3 heterocycles. The topological polar surface area (TPSA) is 70.6 Å². The van der Waals surface area contributed by atoms with Crippen LogP contribution in [0.5, 0.6) is 0 Å². The predicted octanol–water partition coefficient (Wildman–Crippen LogP) is 0.694. The van der Waals surface area contributed by atoms with Crippen molar-refractivity contribution in [3.63, 3.8) is 0 Å². The van der Waals surface area contributed by atoms with E-state index in [1.54, 1.807) is 12.4 Å². The highest BCUT2D eigenvalue weighted by molar-refractivity contribution is 5.78. The largest absolute Gasteiger partial charge is 0.379 e. The van der Waals surface area contributed by atoms with E-state index < -0.39 is 0 Å². The van der Waals surface area contributed by atoms with Crippen molar-refractivity contribution in [3.05, 3.63) is 18.1 Å². The summed E-state index contributed by atoms with van der Waals surface area (Å²) in [6, 6.07) is 0.148. The molecule has 0 aromatic carbocycles. The minimum atomic E-state index is 0.107. The van der Waals surface area contributed by atoms with Crippen LogP contribution in [0.1, 0.15) is 19.5 Å². The van der Waals surface area contributed by atoms with Crippen LogP contribution in [0.15, 0.2) is 12.4 Å². The molecule has 2 unspecified atom stereocenters. The van der Waals surface area contributed by atoms with E-state index in [4.69, 9.17) is 4.74 Å². The van der Waals surface area contributed by atoms with Crippen LogP contribution >= 0.6 is 0 Å². The Hall–Kier alpha value is -1.73. The highest BCUT2D eigenvalue weighted by Crippen LogP contribution is 2.28. The Kier molecular flexibility index (Phi) is 5.86. The number of ether oxygens (including phenoxy) is 1. The van der Waals surface area contributed by atoms with Crippen molar-refractivity contribution in [2.75, 3.05) is 50.8 Å². The molecule has 1 aromatic rings. The monoisotopic (exact) mass is 347 g/mol. The summed E-state index contributed by atoms with van der Waals surface area (Å²) in [6.07, 6.45) is 3.45. The number of aromatic nitrogens is 2. The number of hydrogen-bond donors (Lipinski definition) is 1. The lowest BCUT2D eigenvalue weighted by atomic mass is 9.91. The average Bonchev–Trinajstić information content (AvgIpc) is 3.00. The van der Waals surface area contributed by atoms with Crippen molar-refractivity contribution in [3.8, 4) is 0 Å². The maximum absolute atomic E-state index is 12.5. The van der Waals surface area contributed by atoms with Gasteiger partial charge in [-0.1, -0.05) is 13.8 Å². The molecule has 3 rings (SSSR count). The third-order valence-electron chi connectivity index (χ3n) is 5.19. The first-order chi connectivity index (χ1) is 12.0. The minimum Gasteiger partial charge on any atom is -0.379 e. The van der Waals surface area contributed by atoms with Crippen LogP contribution in [0, 0.1) is 18.8 Å². The van der Waals surface area contributed by atoms with Gasteiger partial charge in [0.05, 0.1) is 31.5 Å². The number of rotatable bonds is 5. The highest BCUT2D eigenvalue weighted by Gasteiger charge is 2.36. The first kappa shape index (κ1) is 18.1. The normalized spacial score (nSPS) is 24.7. The fraction of sp³-hybridized carbons (Fsp3) is 0.722. The van der Waals surface area contributed by atoms with Gasteiger partial charge in [-0.15, -0.1) is 0 Å². The van der Waals surface area contributed by atoms with Crippen LogP contribution in [-0.2, 0) is 9.53 Å². The molecular formula is C18H29N5O2. The Bertz CT molecular complexity index is 589. The number of morpholine rings is 1. The molecule has 0 spiro atoms. The van der Waals surface area contributed by atoms with E-state index in [9.17, 15) is 4.79 Å². The molecule has 138 valence electrons. The van der Waals surface area contributed by atoms with E-state index in [2.05, 4.69) is 38.9 Å². The third-order valence-corrected chi connectivity index (χ3v) is 5.19. The van der Waals surface area contributed by atoms with Crippen molar-refractivity contribution in [1.82, 2.24) is 20.2 Å². The summed E-state index contributed by atoms with van der Waals surface area (Å²) in [7, 11) is 0. The molecule has 1 amide bonds. The molecule has 1 N–H and O–H groups in total. The number of nitrogens with zero attached hydrogens (tertiary/aromatic N) is 4. The van der Waals surface area contributed by atoms with Crippen LogP contribution in [0.25, 0.3) is 0 Å². The van der Waals surface area contributed by atoms with Crippen molar-refractivity contribution in [1.29, 1.82) is 0 Å². The molecular weight excluding hydrogens is 318 g/mol. The van der Waals surface area contributed by atoms with Gasteiger partial charge < -0.3 is 15.0 Å². The number of aryl methyl sites for hydroxylation is 1. The molecule has 0 aliphatic carbocycles. The molecule has 0 bridgehead atoms. The van der Waals surface area contributed by atoms with Crippen LogP contribution in [0.4, 0.5) is 5.82 Å². The average molecular weight is 347 g/mol. The van der Waals surface area contributed by atoms with Gasteiger partial charge in [-0.05, 0) is 12.8 Å². The van der Waals surface area contributed by atoms with Crippen LogP contribution in [-0.4, -0.2) is 72.8 Å². The highest BCUT2D eigenvalue weighted by atomic mass is 16.5. The van der Waals surface area contributed by atoms with Gasteiger partial charge in [0.25, 0.3) is 0 Å². The zero-order valence-corrected chi connectivity index (χ0v) is 15.4. The van der Waals surface area contributed by atoms with Gasteiger partial charge in [0.1, 0.15) is 5.82 Å². The molecule has 0 saturated carbocycles. The molecule has 0 radical (unpaired) electrons. The fourth-order valence-electron chi connectivity index (χ4n) is 3.76. The van der Waals surface area contributed by atoms with Crippen molar-refractivity contribution < 1.29 is 9.53 Å². The lowest BCUT2D eigenvalue weighted by molar-refractivity contribution is -0.124. The zero-order valence-electron chi connectivity index (χ0n) is 15.4. The first-order valence-corrected chi connectivity index (χ1v) is 9.16. The fourth-order valence-corrected chi connectivity index (χ4v) is 3.76.